The van der Waals surface area contributed by atoms with Crippen molar-refractivity contribution >= 4 is 34.2 Å². The second-order valence-electron chi connectivity index (χ2n) is 4.38. The molecule has 0 saturated heterocycles. The highest BCUT2D eigenvalue weighted by Gasteiger charge is 2.19. The van der Waals surface area contributed by atoms with Gasteiger partial charge in [0, 0.05) is 24.5 Å². The van der Waals surface area contributed by atoms with Crippen LogP contribution < -0.4 is 21.7 Å². The SMILES string of the molecule is CCC(=O)NCC1C=CC=CN1c1csc(N=C(N)N)n1. The molecule has 2 rings (SSSR count). The topological polar surface area (TPSA) is 110 Å². The number of guanidine groups is 1. The highest BCUT2D eigenvalue weighted by atomic mass is 32.1. The fourth-order valence-electron chi connectivity index (χ4n) is 1.83. The molecule has 0 bridgehead atoms. The van der Waals surface area contributed by atoms with Gasteiger partial charge in [-0.2, -0.15) is 4.99 Å². The van der Waals surface area contributed by atoms with E-state index in [0.29, 0.717) is 18.1 Å². The smallest absolute Gasteiger partial charge is 0.219 e. The number of rotatable bonds is 5. The van der Waals surface area contributed by atoms with Crippen molar-refractivity contribution in [2.75, 3.05) is 11.4 Å². The second-order valence-corrected chi connectivity index (χ2v) is 5.22. The molecule has 1 amide bonds. The zero-order valence-corrected chi connectivity index (χ0v) is 12.5. The third-order valence-electron chi connectivity index (χ3n) is 2.85. The van der Waals surface area contributed by atoms with Crippen LogP contribution in [-0.4, -0.2) is 29.4 Å². The van der Waals surface area contributed by atoms with Crippen LogP contribution in [-0.2, 0) is 4.79 Å². The number of hydrogen-bond acceptors (Lipinski definition) is 5. The Morgan fingerprint density at radius 1 is 1.52 bits per heavy atom. The van der Waals surface area contributed by atoms with Gasteiger partial charge in [0.1, 0.15) is 5.82 Å². The maximum Gasteiger partial charge on any atom is 0.219 e. The van der Waals surface area contributed by atoms with Crippen LogP contribution in [0, 0.1) is 0 Å². The molecular weight excluding hydrogens is 288 g/mol. The van der Waals surface area contributed by atoms with Crippen molar-refractivity contribution in [3.05, 3.63) is 29.8 Å². The minimum Gasteiger partial charge on any atom is -0.370 e. The number of hydrogen-bond donors (Lipinski definition) is 3. The lowest BCUT2D eigenvalue weighted by Crippen LogP contribution is -2.41. The summed E-state index contributed by atoms with van der Waals surface area (Å²) >= 11 is 1.36. The predicted molar refractivity (Wildman–Crippen MR) is 85.4 cm³/mol. The van der Waals surface area contributed by atoms with E-state index in [9.17, 15) is 4.79 Å². The summed E-state index contributed by atoms with van der Waals surface area (Å²) in [6, 6.07) is 0.0136. The first-order valence-corrected chi connectivity index (χ1v) is 7.43. The van der Waals surface area contributed by atoms with Gasteiger partial charge < -0.3 is 21.7 Å². The molecule has 0 aliphatic carbocycles. The number of thiazole rings is 1. The number of nitrogens with one attached hydrogen (secondary N) is 1. The molecule has 112 valence electrons. The Balaban J connectivity index is 2.10. The third-order valence-corrected chi connectivity index (χ3v) is 3.57. The highest BCUT2D eigenvalue weighted by molar-refractivity contribution is 7.13. The maximum atomic E-state index is 11.4. The lowest BCUT2D eigenvalue weighted by Gasteiger charge is -2.28. The lowest BCUT2D eigenvalue weighted by molar-refractivity contribution is -0.120. The Labute approximate surface area is 127 Å². The standard InChI is InChI=1S/C13H18N6OS/c1-2-11(20)16-7-9-5-3-4-6-19(9)10-8-21-13(17-10)18-12(14)15/h3-6,8-9H,2,7H2,1H3,(H,16,20)(H4,14,15,17,18). The summed E-state index contributed by atoms with van der Waals surface area (Å²) in [6.07, 6.45) is 8.25. The van der Waals surface area contributed by atoms with Gasteiger partial charge in [-0.05, 0) is 6.08 Å². The zero-order chi connectivity index (χ0) is 15.2. The highest BCUT2D eigenvalue weighted by Crippen LogP contribution is 2.27. The summed E-state index contributed by atoms with van der Waals surface area (Å²) in [5.41, 5.74) is 10.7. The molecule has 0 aromatic carbocycles. The van der Waals surface area contributed by atoms with Gasteiger partial charge in [0.15, 0.2) is 5.96 Å². The van der Waals surface area contributed by atoms with E-state index in [1.165, 1.54) is 11.3 Å². The monoisotopic (exact) mass is 306 g/mol. The summed E-state index contributed by atoms with van der Waals surface area (Å²) < 4.78 is 0. The number of aliphatic imine (C=N–C) groups is 1. The summed E-state index contributed by atoms with van der Waals surface area (Å²) in [7, 11) is 0. The van der Waals surface area contributed by atoms with Crippen molar-refractivity contribution in [1.29, 1.82) is 0 Å². The summed E-state index contributed by atoms with van der Waals surface area (Å²) in [5, 5.41) is 5.26. The summed E-state index contributed by atoms with van der Waals surface area (Å²) in [5.74, 6) is 0.755. The first-order valence-electron chi connectivity index (χ1n) is 6.55. The number of carbonyl (C=O) groups excluding carboxylic acids is 1. The minimum absolute atomic E-state index is 0.0136. The minimum atomic E-state index is -0.0169. The number of allylic oxidation sites excluding steroid dienone is 2. The van der Waals surface area contributed by atoms with E-state index in [2.05, 4.69) is 15.3 Å². The molecule has 1 aliphatic rings. The fraction of sp³-hybridized carbons (Fsp3) is 0.308. The van der Waals surface area contributed by atoms with Gasteiger partial charge in [0.2, 0.25) is 11.0 Å². The molecule has 21 heavy (non-hydrogen) atoms. The van der Waals surface area contributed by atoms with Crippen molar-refractivity contribution in [1.82, 2.24) is 10.3 Å². The van der Waals surface area contributed by atoms with Crippen LogP contribution in [0.2, 0.25) is 0 Å². The Bertz CT molecular complexity index is 587. The van der Waals surface area contributed by atoms with E-state index in [1.54, 1.807) is 0 Å². The van der Waals surface area contributed by atoms with Gasteiger partial charge in [-0.25, -0.2) is 4.98 Å². The number of amides is 1. The van der Waals surface area contributed by atoms with Gasteiger partial charge >= 0.3 is 0 Å². The molecule has 8 heteroatoms. The molecular formula is C13H18N6OS. The Morgan fingerprint density at radius 2 is 2.33 bits per heavy atom. The summed E-state index contributed by atoms with van der Waals surface area (Å²) in [4.78, 5) is 21.7. The van der Waals surface area contributed by atoms with Crippen LogP contribution in [0.5, 0.6) is 0 Å². The number of nitrogens with two attached hydrogens (primary N) is 2. The van der Waals surface area contributed by atoms with Gasteiger partial charge in [-0.15, -0.1) is 11.3 Å². The normalized spacial score (nSPS) is 16.8. The van der Waals surface area contributed by atoms with E-state index in [0.717, 1.165) is 5.82 Å². The molecule has 5 N–H and O–H groups in total. The Hall–Kier alpha value is -2.35. The number of anilines is 1. The zero-order valence-electron chi connectivity index (χ0n) is 11.7. The number of nitrogens with zero attached hydrogens (tertiary/aromatic N) is 3. The first-order chi connectivity index (χ1) is 10.1. The van der Waals surface area contributed by atoms with Crippen LogP contribution >= 0.6 is 11.3 Å². The van der Waals surface area contributed by atoms with E-state index in [4.69, 9.17) is 11.5 Å². The molecule has 0 saturated carbocycles. The van der Waals surface area contributed by atoms with Crippen molar-refractivity contribution in [3.63, 3.8) is 0 Å². The predicted octanol–water partition coefficient (Wildman–Crippen LogP) is 0.833. The van der Waals surface area contributed by atoms with Gasteiger partial charge in [-0.1, -0.05) is 19.1 Å². The van der Waals surface area contributed by atoms with Crippen molar-refractivity contribution in [2.45, 2.75) is 19.4 Å². The number of carbonyl (C=O) groups is 1. The summed E-state index contributed by atoms with van der Waals surface area (Å²) in [6.45, 7) is 2.34. The molecule has 0 fully saturated rings. The van der Waals surface area contributed by atoms with Gasteiger partial charge in [-0.3, -0.25) is 4.79 Å². The average Bonchev–Trinajstić information content (AvgIpc) is 2.92. The van der Waals surface area contributed by atoms with Gasteiger partial charge in [0.25, 0.3) is 0 Å². The van der Waals surface area contributed by atoms with E-state index in [1.807, 2.05) is 41.6 Å². The Morgan fingerprint density at radius 3 is 3.05 bits per heavy atom. The maximum absolute atomic E-state index is 11.4. The van der Waals surface area contributed by atoms with Crippen LogP contribution in [0.15, 0.2) is 34.8 Å². The van der Waals surface area contributed by atoms with Crippen LogP contribution in [0.1, 0.15) is 13.3 Å². The quantitative estimate of drug-likeness (QED) is 0.551. The van der Waals surface area contributed by atoms with E-state index >= 15 is 0 Å². The van der Waals surface area contributed by atoms with Crippen LogP contribution in [0.3, 0.4) is 0 Å². The molecule has 1 aliphatic heterocycles. The Kier molecular flexibility index (Phi) is 4.94. The molecule has 1 aromatic heterocycles. The number of aromatic nitrogens is 1. The van der Waals surface area contributed by atoms with E-state index < -0.39 is 0 Å². The van der Waals surface area contributed by atoms with Gasteiger partial charge in [0.05, 0.1) is 6.04 Å². The fourth-order valence-corrected chi connectivity index (χ4v) is 2.52. The van der Waals surface area contributed by atoms with Crippen molar-refractivity contribution in [2.24, 2.45) is 16.5 Å². The molecule has 1 atom stereocenters. The van der Waals surface area contributed by atoms with Crippen molar-refractivity contribution in [3.8, 4) is 0 Å². The average molecular weight is 306 g/mol. The largest absolute Gasteiger partial charge is 0.370 e. The van der Waals surface area contributed by atoms with Crippen molar-refractivity contribution < 1.29 is 4.79 Å². The second kappa shape index (κ2) is 6.89. The lowest BCUT2D eigenvalue weighted by atomic mass is 10.2. The van der Waals surface area contributed by atoms with E-state index in [-0.39, 0.29) is 17.9 Å². The molecule has 1 aromatic rings. The molecule has 2 heterocycles. The molecule has 1 unspecified atom stereocenters. The molecule has 0 spiro atoms. The molecule has 0 radical (unpaired) electrons. The van der Waals surface area contributed by atoms with Crippen LogP contribution in [0.25, 0.3) is 0 Å². The molecule has 7 nitrogen and oxygen atoms in total. The van der Waals surface area contributed by atoms with Crippen LogP contribution in [0.4, 0.5) is 10.9 Å². The third kappa shape index (κ3) is 4.06. The first kappa shape index (κ1) is 15.0.